The van der Waals surface area contributed by atoms with Gasteiger partial charge < -0.3 is 16.2 Å². The highest BCUT2D eigenvalue weighted by molar-refractivity contribution is 5.89. The van der Waals surface area contributed by atoms with Crippen molar-refractivity contribution in [2.45, 2.75) is 0 Å². The molecule has 1 heterocycles. The highest BCUT2D eigenvalue weighted by Gasteiger charge is 2.03. The number of nitrogen functional groups attached to an aromatic ring is 1. The number of carbonyl (C=O) groups is 1. The summed E-state index contributed by atoms with van der Waals surface area (Å²) >= 11 is 0. The Hall–Kier alpha value is -2.34. The fraction of sp³-hybridized carbons (Fsp3) is 0. The van der Waals surface area contributed by atoms with Gasteiger partial charge in [0.2, 0.25) is 5.95 Å². The number of nitrogens with two attached hydrogens (primary N) is 1. The van der Waals surface area contributed by atoms with Gasteiger partial charge in [0.05, 0.1) is 5.56 Å². The van der Waals surface area contributed by atoms with Crippen LogP contribution in [-0.2, 0) is 0 Å². The van der Waals surface area contributed by atoms with Gasteiger partial charge in [-0.15, -0.1) is 12.4 Å². The van der Waals surface area contributed by atoms with E-state index in [1.807, 2.05) is 0 Å². The Balaban J connectivity index is 0.00000162. The topological polar surface area (TPSA) is 101 Å². The molecule has 0 amide bonds. The van der Waals surface area contributed by atoms with Crippen LogP contribution in [0, 0.1) is 0 Å². The second-order valence-electron chi connectivity index (χ2n) is 3.31. The molecular weight excluding hydrogens is 256 g/mol. The zero-order chi connectivity index (χ0) is 12.3. The van der Waals surface area contributed by atoms with Crippen molar-refractivity contribution in [1.29, 1.82) is 0 Å². The molecule has 0 saturated heterocycles. The second kappa shape index (κ2) is 5.83. The molecule has 0 aliphatic heterocycles. The van der Waals surface area contributed by atoms with Gasteiger partial charge in [-0.05, 0) is 24.3 Å². The van der Waals surface area contributed by atoms with Gasteiger partial charge in [0, 0.05) is 11.9 Å². The monoisotopic (exact) mass is 266 g/mol. The lowest BCUT2D eigenvalue weighted by atomic mass is 10.2. The predicted octanol–water partition coefficient (Wildman–Crippen LogP) is 1.92. The van der Waals surface area contributed by atoms with Crippen LogP contribution in [0.1, 0.15) is 10.4 Å². The summed E-state index contributed by atoms with van der Waals surface area (Å²) < 4.78 is 0. The maximum atomic E-state index is 10.8. The first kappa shape index (κ1) is 13.7. The van der Waals surface area contributed by atoms with Crippen molar-refractivity contribution >= 4 is 35.8 Å². The van der Waals surface area contributed by atoms with Crippen LogP contribution in [-0.4, -0.2) is 21.0 Å². The van der Waals surface area contributed by atoms with Gasteiger partial charge in [0.1, 0.15) is 5.82 Å². The lowest BCUT2D eigenvalue weighted by Gasteiger charge is -2.06. The summed E-state index contributed by atoms with van der Waals surface area (Å²) in [6.45, 7) is 0. The van der Waals surface area contributed by atoms with E-state index >= 15 is 0 Å². The van der Waals surface area contributed by atoms with Gasteiger partial charge in [0.15, 0.2) is 0 Å². The van der Waals surface area contributed by atoms with E-state index in [9.17, 15) is 4.79 Å². The number of nitrogens with one attached hydrogen (secondary N) is 1. The molecule has 18 heavy (non-hydrogen) atoms. The van der Waals surface area contributed by atoms with Gasteiger partial charge in [-0.25, -0.2) is 9.78 Å². The first-order chi connectivity index (χ1) is 8.15. The standard InChI is InChI=1S/C11H10N4O2.ClH/c12-11-13-5-4-9(15-11)14-8-3-1-2-7(6-8)10(16)17;/h1-6H,(H,16,17)(H3,12,13,14,15);1H. The van der Waals surface area contributed by atoms with Crippen LogP contribution < -0.4 is 11.1 Å². The van der Waals surface area contributed by atoms with Crippen molar-refractivity contribution in [3.63, 3.8) is 0 Å². The Morgan fingerprint density at radius 1 is 1.33 bits per heavy atom. The minimum atomic E-state index is -0.976. The lowest BCUT2D eigenvalue weighted by Crippen LogP contribution is -2.00. The van der Waals surface area contributed by atoms with Gasteiger partial charge in [-0.3, -0.25) is 0 Å². The molecule has 94 valence electrons. The summed E-state index contributed by atoms with van der Waals surface area (Å²) in [7, 11) is 0. The van der Waals surface area contributed by atoms with E-state index in [4.69, 9.17) is 10.8 Å². The largest absolute Gasteiger partial charge is 0.478 e. The van der Waals surface area contributed by atoms with Crippen LogP contribution in [0.3, 0.4) is 0 Å². The SMILES string of the molecule is Cl.Nc1nccc(Nc2cccc(C(=O)O)c2)n1. The molecule has 7 heteroatoms. The van der Waals surface area contributed by atoms with Crippen molar-refractivity contribution in [1.82, 2.24) is 9.97 Å². The summed E-state index contributed by atoms with van der Waals surface area (Å²) in [4.78, 5) is 18.5. The Kier molecular flexibility index (Phi) is 4.45. The van der Waals surface area contributed by atoms with Gasteiger partial charge >= 0.3 is 5.97 Å². The van der Waals surface area contributed by atoms with Crippen LogP contribution >= 0.6 is 12.4 Å². The maximum Gasteiger partial charge on any atom is 0.335 e. The second-order valence-corrected chi connectivity index (χ2v) is 3.31. The Morgan fingerprint density at radius 3 is 2.78 bits per heavy atom. The van der Waals surface area contributed by atoms with Crippen LogP contribution in [0.15, 0.2) is 36.5 Å². The number of carboxylic acids is 1. The third-order valence-corrected chi connectivity index (χ3v) is 2.06. The van der Waals surface area contributed by atoms with Gasteiger partial charge in [-0.1, -0.05) is 6.07 Å². The molecule has 6 nitrogen and oxygen atoms in total. The average molecular weight is 267 g/mol. The number of hydrogen-bond acceptors (Lipinski definition) is 5. The number of halogens is 1. The molecule has 2 aromatic rings. The van der Waals surface area contributed by atoms with Crippen LogP contribution in [0.4, 0.5) is 17.5 Å². The molecule has 0 spiro atoms. The van der Waals surface area contributed by atoms with E-state index in [1.54, 1.807) is 18.2 Å². The number of rotatable bonds is 3. The summed E-state index contributed by atoms with van der Waals surface area (Å²) in [5.74, 6) is -0.305. The molecule has 4 N–H and O–H groups in total. The highest BCUT2D eigenvalue weighted by Crippen LogP contribution is 2.16. The molecule has 0 unspecified atom stereocenters. The van der Waals surface area contributed by atoms with Crippen LogP contribution in [0.25, 0.3) is 0 Å². The average Bonchev–Trinajstić information content (AvgIpc) is 2.29. The molecule has 0 bridgehead atoms. The van der Waals surface area contributed by atoms with E-state index in [0.29, 0.717) is 11.5 Å². The fourth-order valence-electron chi connectivity index (χ4n) is 1.32. The maximum absolute atomic E-state index is 10.8. The zero-order valence-corrected chi connectivity index (χ0v) is 10.0. The van der Waals surface area contributed by atoms with Crippen molar-refractivity contribution in [3.8, 4) is 0 Å². The van der Waals surface area contributed by atoms with Crippen LogP contribution in [0.5, 0.6) is 0 Å². The molecule has 0 radical (unpaired) electrons. The Morgan fingerprint density at radius 2 is 2.11 bits per heavy atom. The molecular formula is C11H11ClN4O2. The van der Waals surface area contributed by atoms with E-state index in [0.717, 1.165) is 0 Å². The van der Waals surface area contributed by atoms with Crippen molar-refractivity contribution in [2.75, 3.05) is 11.1 Å². The quantitative estimate of drug-likeness (QED) is 0.785. The molecule has 1 aromatic heterocycles. The number of hydrogen-bond donors (Lipinski definition) is 3. The highest BCUT2D eigenvalue weighted by atomic mass is 35.5. The fourth-order valence-corrected chi connectivity index (χ4v) is 1.32. The summed E-state index contributed by atoms with van der Waals surface area (Å²) in [5, 5.41) is 11.8. The molecule has 0 fully saturated rings. The number of carboxylic acid groups (broad SMARTS) is 1. The first-order valence-electron chi connectivity index (χ1n) is 4.84. The van der Waals surface area contributed by atoms with Crippen molar-refractivity contribution < 1.29 is 9.90 Å². The van der Waals surface area contributed by atoms with E-state index in [2.05, 4.69) is 15.3 Å². The normalized spacial score (nSPS) is 9.33. The van der Waals surface area contributed by atoms with Crippen molar-refractivity contribution in [3.05, 3.63) is 42.1 Å². The van der Waals surface area contributed by atoms with Gasteiger partial charge in [-0.2, -0.15) is 4.98 Å². The molecule has 1 aromatic carbocycles. The minimum Gasteiger partial charge on any atom is -0.478 e. The number of aromatic nitrogens is 2. The predicted molar refractivity (Wildman–Crippen MR) is 70.4 cm³/mol. The van der Waals surface area contributed by atoms with Crippen molar-refractivity contribution in [2.24, 2.45) is 0 Å². The van der Waals surface area contributed by atoms with Gasteiger partial charge in [0.25, 0.3) is 0 Å². The number of aromatic carboxylic acids is 1. The molecule has 0 atom stereocenters. The Labute approximate surface area is 109 Å². The summed E-state index contributed by atoms with van der Waals surface area (Å²) in [6, 6.07) is 8.06. The molecule has 0 saturated carbocycles. The smallest absolute Gasteiger partial charge is 0.335 e. The zero-order valence-electron chi connectivity index (χ0n) is 9.20. The lowest BCUT2D eigenvalue weighted by molar-refractivity contribution is 0.0697. The van der Waals surface area contributed by atoms with Crippen LogP contribution in [0.2, 0.25) is 0 Å². The summed E-state index contributed by atoms with van der Waals surface area (Å²) in [6.07, 6.45) is 1.52. The van der Waals surface area contributed by atoms with E-state index in [-0.39, 0.29) is 23.9 Å². The molecule has 0 aliphatic carbocycles. The number of nitrogens with zero attached hydrogens (tertiary/aromatic N) is 2. The molecule has 0 aliphatic rings. The molecule has 2 rings (SSSR count). The minimum absolute atomic E-state index is 0. The number of anilines is 3. The third kappa shape index (κ3) is 3.33. The third-order valence-electron chi connectivity index (χ3n) is 2.06. The Bertz CT molecular complexity index is 562. The van der Waals surface area contributed by atoms with E-state index in [1.165, 1.54) is 18.3 Å². The number of benzene rings is 1. The van der Waals surface area contributed by atoms with E-state index < -0.39 is 5.97 Å². The first-order valence-corrected chi connectivity index (χ1v) is 4.84. The summed E-state index contributed by atoms with van der Waals surface area (Å²) in [5.41, 5.74) is 6.27.